The molecule has 3 unspecified atom stereocenters. The van der Waals surface area contributed by atoms with Crippen molar-refractivity contribution in [3.8, 4) is 0 Å². The van der Waals surface area contributed by atoms with E-state index < -0.39 is 10.0 Å². The zero-order chi connectivity index (χ0) is 21.9. The highest BCUT2D eigenvalue weighted by Gasteiger charge is 2.33. The van der Waals surface area contributed by atoms with Gasteiger partial charge >= 0.3 is 5.97 Å². The first-order valence-corrected chi connectivity index (χ1v) is 12.2. The van der Waals surface area contributed by atoms with E-state index in [1.54, 1.807) is 28.3 Å². The number of benzene rings is 1. The van der Waals surface area contributed by atoms with Crippen molar-refractivity contribution in [3.05, 3.63) is 29.8 Å². The highest BCUT2D eigenvalue weighted by Crippen LogP contribution is 2.27. The number of ether oxygens (including phenoxy) is 1. The van der Waals surface area contributed by atoms with E-state index in [-0.39, 0.29) is 22.7 Å². The Morgan fingerprint density at radius 2 is 1.70 bits per heavy atom. The van der Waals surface area contributed by atoms with Gasteiger partial charge in [0.05, 0.1) is 17.4 Å². The predicted octanol–water partition coefficient (Wildman–Crippen LogP) is 2.77. The normalized spacial score (nSPS) is 25.7. The molecule has 166 valence electrons. The molecule has 1 aromatic rings. The molecular formula is C22H32N2O5S. The van der Waals surface area contributed by atoms with Gasteiger partial charge in [-0.3, -0.25) is 9.59 Å². The maximum atomic E-state index is 13.0. The van der Waals surface area contributed by atoms with Crippen LogP contribution in [0, 0.1) is 17.8 Å². The number of piperidine rings is 2. The molecule has 2 fully saturated rings. The number of carbonyl (C=O) groups is 2. The first-order chi connectivity index (χ1) is 14.2. The molecule has 2 aliphatic heterocycles. The predicted molar refractivity (Wildman–Crippen MR) is 113 cm³/mol. The van der Waals surface area contributed by atoms with Gasteiger partial charge in [-0.05, 0) is 62.3 Å². The van der Waals surface area contributed by atoms with E-state index in [0.29, 0.717) is 56.6 Å². The lowest BCUT2D eigenvalue weighted by molar-refractivity contribution is -0.149. The summed E-state index contributed by atoms with van der Waals surface area (Å²) in [5, 5.41) is 0. The molecule has 30 heavy (non-hydrogen) atoms. The number of likely N-dealkylation sites (tertiary alicyclic amines) is 1. The summed E-state index contributed by atoms with van der Waals surface area (Å²) in [7, 11) is -3.57. The van der Waals surface area contributed by atoms with Gasteiger partial charge < -0.3 is 9.64 Å². The first-order valence-electron chi connectivity index (χ1n) is 10.8. The maximum absolute atomic E-state index is 13.0. The van der Waals surface area contributed by atoms with Crippen LogP contribution in [-0.2, 0) is 19.6 Å². The lowest BCUT2D eigenvalue weighted by Gasteiger charge is -2.34. The zero-order valence-corrected chi connectivity index (χ0v) is 18.9. The van der Waals surface area contributed by atoms with Crippen LogP contribution in [0.3, 0.4) is 0 Å². The van der Waals surface area contributed by atoms with Crippen molar-refractivity contribution in [3.63, 3.8) is 0 Å². The first kappa shape index (κ1) is 22.7. The van der Waals surface area contributed by atoms with E-state index in [2.05, 4.69) is 13.8 Å². The van der Waals surface area contributed by atoms with Gasteiger partial charge in [0.25, 0.3) is 5.91 Å². The molecule has 0 spiro atoms. The molecule has 0 bridgehead atoms. The van der Waals surface area contributed by atoms with Crippen LogP contribution in [0.4, 0.5) is 0 Å². The van der Waals surface area contributed by atoms with Crippen molar-refractivity contribution >= 4 is 21.9 Å². The van der Waals surface area contributed by atoms with Crippen LogP contribution in [0.15, 0.2) is 29.2 Å². The van der Waals surface area contributed by atoms with Crippen molar-refractivity contribution in [2.24, 2.45) is 17.8 Å². The number of rotatable bonds is 5. The number of sulfonamides is 1. The summed E-state index contributed by atoms with van der Waals surface area (Å²) in [5.41, 5.74) is 0.429. The number of carbonyl (C=O) groups excluding carboxylic acids is 2. The molecule has 1 amide bonds. The third-order valence-corrected chi connectivity index (χ3v) is 7.75. The molecule has 0 aliphatic carbocycles. The van der Waals surface area contributed by atoms with Crippen molar-refractivity contribution in [1.82, 2.24) is 9.21 Å². The van der Waals surface area contributed by atoms with Crippen LogP contribution in [0.5, 0.6) is 0 Å². The van der Waals surface area contributed by atoms with Gasteiger partial charge in [0.1, 0.15) is 0 Å². The van der Waals surface area contributed by atoms with Gasteiger partial charge in [0.15, 0.2) is 0 Å². The fourth-order valence-corrected chi connectivity index (χ4v) is 6.20. The van der Waals surface area contributed by atoms with Crippen LogP contribution >= 0.6 is 0 Å². The van der Waals surface area contributed by atoms with Gasteiger partial charge in [-0.25, -0.2) is 8.42 Å². The lowest BCUT2D eigenvalue weighted by atomic mass is 9.94. The largest absolute Gasteiger partial charge is 0.466 e. The van der Waals surface area contributed by atoms with Crippen LogP contribution in [0.2, 0.25) is 0 Å². The molecule has 7 nitrogen and oxygen atoms in total. The van der Waals surface area contributed by atoms with E-state index in [4.69, 9.17) is 4.74 Å². The van der Waals surface area contributed by atoms with Gasteiger partial charge in [0, 0.05) is 31.7 Å². The number of amides is 1. The van der Waals surface area contributed by atoms with E-state index in [1.165, 1.54) is 12.1 Å². The smallest absolute Gasteiger partial charge is 0.310 e. The molecule has 8 heteroatoms. The second-order valence-electron chi connectivity index (χ2n) is 8.63. The van der Waals surface area contributed by atoms with E-state index in [1.807, 2.05) is 0 Å². The van der Waals surface area contributed by atoms with Crippen LogP contribution in [0.25, 0.3) is 0 Å². The molecule has 0 aromatic heterocycles. The van der Waals surface area contributed by atoms with Crippen molar-refractivity contribution in [2.45, 2.75) is 44.9 Å². The lowest BCUT2D eigenvalue weighted by Crippen LogP contribution is -2.43. The van der Waals surface area contributed by atoms with Crippen LogP contribution in [0.1, 0.15) is 50.4 Å². The van der Waals surface area contributed by atoms with E-state index >= 15 is 0 Å². The standard InChI is InChI=1S/C22H32N2O5S/c1-4-29-22(26)19-6-5-11-23(15-19)21(25)18-7-9-20(10-8-18)30(27,28)24-13-16(2)12-17(3)14-24/h7-10,16-17,19H,4-6,11-15H2,1-3H3. The van der Waals surface area contributed by atoms with Crippen LogP contribution < -0.4 is 0 Å². The van der Waals surface area contributed by atoms with E-state index in [0.717, 1.165) is 12.8 Å². The van der Waals surface area contributed by atoms with E-state index in [9.17, 15) is 18.0 Å². The third kappa shape index (κ3) is 5.03. The number of hydrogen-bond acceptors (Lipinski definition) is 5. The SMILES string of the molecule is CCOC(=O)C1CCCN(C(=O)c2ccc(S(=O)(=O)N3CC(C)CC(C)C3)cc2)C1. The summed E-state index contributed by atoms with van der Waals surface area (Å²) in [6.45, 7) is 8.20. The summed E-state index contributed by atoms with van der Waals surface area (Å²) < 4.78 is 32.7. The Bertz CT molecular complexity index is 858. The van der Waals surface area contributed by atoms with Gasteiger partial charge in [-0.15, -0.1) is 0 Å². The highest BCUT2D eigenvalue weighted by molar-refractivity contribution is 7.89. The average Bonchev–Trinajstić information content (AvgIpc) is 2.73. The third-order valence-electron chi connectivity index (χ3n) is 5.90. The monoisotopic (exact) mass is 436 g/mol. The Balaban J connectivity index is 1.70. The van der Waals surface area contributed by atoms with Gasteiger partial charge in [-0.1, -0.05) is 13.8 Å². The Kier molecular flexibility index (Phi) is 7.18. The zero-order valence-electron chi connectivity index (χ0n) is 18.0. The summed E-state index contributed by atoms with van der Waals surface area (Å²) >= 11 is 0. The summed E-state index contributed by atoms with van der Waals surface area (Å²) in [5.74, 6) is -0.0911. The molecular weight excluding hydrogens is 404 g/mol. The fourth-order valence-electron chi connectivity index (χ4n) is 4.52. The Labute approximate surface area is 179 Å². The number of hydrogen-bond donors (Lipinski definition) is 0. The highest BCUT2D eigenvalue weighted by atomic mass is 32.2. The fraction of sp³-hybridized carbons (Fsp3) is 0.636. The molecule has 0 N–H and O–H groups in total. The van der Waals surface area contributed by atoms with Crippen LogP contribution in [-0.4, -0.2) is 62.3 Å². The Morgan fingerprint density at radius 1 is 1.07 bits per heavy atom. The number of esters is 1. The molecule has 2 saturated heterocycles. The minimum Gasteiger partial charge on any atom is -0.466 e. The topological polar surface area (TPSA) is 84.0 Å². The molecule has 0 radical (unpaired) electrons. The van der Waals surface area contributed by atoms with Gasteiger partial charge in [-0.2, -0.15) is 4.31 Å². The molecule has 3 rings (SSSR count). The molecule has 2 heterocycles. The van der Waals surface area contributed by atoms with Crippen molar-refractivity contribution in [1.29, 1.82) is 0 Å². The number of nitrogens with zero attached hydrogens (tertiary/aromatic N) is 2. The summed E-state index contributed by atoms with van der Waals surface area (Å²) in [6, 6.07) is 6.17. The quantitative estimate of drug-likeness (QED) is 0.663. The van der Waals surface area contributed by atoms with Crippen molar-refractivity contribution < 1.29 is 22.7 Å². The molecule has 2 aliphatic rings. The minimum absolute atomic E-state index is 0.187. The molecule has 3 atom stereocenters. The van der Waals surface area contributed by atoms with Gasteiger partial charge in [0.2, 0.25) is 10.0 Å². The van der Waals surface area contributed by atoms with Crippen molar-refractivity contribution in [2.75, 3.05) is 32.8 Å². The summed E-state index contributed by atoms with van der Waals surface area (Å²) in [6.07, 6.45) is 2.49. The second kappa shape index (κ2) is 9.47. The maximum Gasteiger partial charge on any atom is 0.310 e. The summed E-state index contributed by atoms with van der Waals surface area (Å²) in [4.78, 5) is 26.8. The molecule has 0 saturated carbocycles. The Hall–Kier alpha value is -1.93. The molecule has 1 aromatic carbocycles. The second-order valence-corrected chi connectivity index (χ2v) is 10.6. The minimum atomic E-state index is -3.57. The average molecular weight is 437 g/mol. The Morgan fingerprint density at radius 3 is 2.30 bits per heavy atom.